The van der Waals surface area contributed by atoms with Crippen molar-refractivity contribution in [2.45, 2.75) is 40.0 Å². The lowest BCUT2D eigenvalue weighted by Crippen LogP contribution is -2.37. The first-order valence-corrected chi connectivity index (χ1v) is 7.46. The molecule has 0 spiro atoms. The third-order valence-corrected chi connectivity index (χ3v) is 4.17. The molecule has 2 rings (SSSR count). The Bertz CT molecular complexity index is 485. The predicted molar refractivity (Wildman–Crippen MR) is 84.8 cm³/mol. The van der Waals surface area contributed by atoms with Crippen molar-refractivity contribution in [3.05, 3.63) is 22.9 Å². The van der Waals surface area contributed by atoms with Gasteiger partial charge in [0.05, 0.1) is 5.56 Å². The monoisotopic (exact) mass is 277 g/mol. The Labute approximate surface area is 121 Å². The molecular weight excluding hydrogens is 254 g/mol. The fourth-order valence-corrected chi connectivity index (χ4v) is 3.19. The fourth-order valence-electron chi connectivity index (χ4n) is 2.94. The first kappa shape index (κ1) is 14.3. The largest absolute Gasteiger partial charge is 0.389 e. The van der Waals surface area contributed by atoms with Crippen LogP contribution in [0.3, 0.4) is 0 Å². The van der Waals surface area contributed by atoms with Crippen molar-refractivity contribution in [2.75, 3.05) is 18.0 Å². The number of thiocarbonyl (C=S) groups is 1. The molecule has 104 valence electrons. The third-order valence-electron chi connectivity index (χ3n) is 3.97. The standard InChI is InChI=1S/C15H23N3S/c1-4-12-6-5-7-18(9-12)15-13(14(16)19)10(2)8-11(3)17-15/h8,12H,4-7,9H2,1-3H3,(H2,16,19). The van der Waals surface area contributed by atoms with Gasteiger partial charge in [-0.1, -0.05) is 25.6 Å². The number of anilines is 1. The highest BCUT2D eigenvalue weighted by Crippen LogP contribution is 2.28. The van der Waals surface area contributed by atoms with Crippen molar-refractivity contribution >= 4 is 23.0 Å². The highest BCUT2D eigenvalue weighted by Gasteiger charge is 2.23. The predicted octanol–water partition coefficient (Wildman–Crippen LogP) is 2.96. The van der Waals surface area contributed by atoms with Crippen molar-refractivity contribution in [3.63, 3.8) is 0 Å². The Morgan fingerprint density at radius 3 is 2.89 bits per heavy atom. The molecule has 19 heavy (non-hydrogen) atoms. The van der Waals surface area contributed by atoms with Gasteiger partial charge in [0, 0.05) is 18.8 Å². The Morgan fingerprint density at radius 2 is 2.26 bits per heavy atom. The summed E-state index contributed by atoms with van der Waals surface area (Å²) in [6, 6.07) is 2.05. The molecule has 1 fully saturated rings. The molecule has 0 radical (unpaired) electrons. The van der Waals surface area contributed by atoms with Gasteiger partial charge in [0.1, 0.15) is 10.8 Å². The van der Waals surface area contributed by atoms with Gasteiger partial charge in [-0.05, 0) is 44.2 Å². The van der Waals surface area contributed by atoms with E-state index < -0.39 is 0 Å². The molecule has 1 aromatic heterocycles. The van der Waals surface area contributed by atoms with Crippen molar-refractivity contribution < 1.29 is 0 Å². The van der Waals surface area contributed by atoms with Crippen LogP contribution in [0.1, 0.15) is 43.0 Å². The van der Waals surface area contributed by atoms with Gasteiger partial charge in [-0.2, -0.15) is 0 Å². The van der Waals surface area contributed by atoms with Gasteiger partial charge >= 0.3 is 0 Å². The van der Waals surface area contributed by atoms with Crippen LogP contribution in [0.2, 0.25) is 0 Å². The molecule has 3 nitrogen and oxygen atoms in total. The third kappa shape index (κ3) is 3.06. The van der Waals surface area contributed by atoms with E-state index in [4.69, 9.17) is 22.9 Å². The molecule has 2 N–H and O–H groups in total. The zero-order valence-electron chi connectivity index (χ0n) is 12.1. The number of hydrogen-bond donors (Lipinski definition) is 1. The normalized spacial score (nSPS) is 19.5. The molecule has 1 aliphatic heterocycles. The maximum Gasteiger partial charge on any atom is 0.139 e. The Kier molecular flexibility index (Phi) is 4.40. The average Bonchev–Trinajstić information content (AvgIpc) is 2.37. The molecule has 1 atom stereocenters. The smallest absolute Gasteiger partial charge is 0.139 e. The molecule has 0 aromatic carbocycles. The van der Waals surface area contributed by atoms with Crippen molar-refractivity contribution in [3.8, 4) is 0 Å². The second-order valence-electron chi connectivity index (χ2n) is 5.51. The van der Waals surface area contributed by atoms with Crippen LogP contribution < -0.4 is 10.6 Å². The molecule has 2 heterocycles. The molecule has 0 amide bonds. The van der Waals surface area contributed by atoms with Gasteiger partial charge in [-0.25, -0.2) is 4.98 Å². The lowest BCUT2D eigenvalue weighted by Gasteiger charge is -2.34. The fraction of sp³-hybridized carbons (Fsp3) is 0.600. The van der Waals surface area contributed by atoms with Gasteiger partial charge in [0.15, 0.2) is 0 Å². The van der Waals surface area contributed by atoms with E-state index in [-0.39, 0.29) is 0 Å². The SMILES string of the molecule is CCC1CCCN(c2nc(C)cc(C)c2C(N)=S)C1. The van der Waals surface area contributed by atoms with Crippen LogP contribution in [-0.2, 0) is 0 Å². The molecule has 1 saturated heterocycles. The van der Waals surface area contributed by atoms with Crippen LogP contribution >= 0.6 is 12.2 Å². The summed E-state index contributed by atoms with van der Waals surface area (Å²) in [6.07, 6.45) is 3.77. The lowest BCUT2D eigenvalue weighted by atomic mass is 9.95. The van der Waals surface area contributed by atoms with Crippen molar-refractivity contribution in [2.24, 2.45) is 11.7 Å². The number of aromatic nitrogens is 1. The van der Waals surface area contributed by atoms with E-state index in [0.717, 1.165) is 41.6 Å². The summed E-state index contributed by atoms with van der Waals surface area (Å²) in [5.41, 5.74) is 9.03. The number of rotatable bonds is 3. The molecule has 0 aliphatic carbocycles. The van der Waals surface area contributed by atoms with Crippen LogP contribution in [0.25, 0.3) is 0 Å². The van der Waals surface area contributed by atoms with Crippen molar-refractivity contribution in [1.82, 2.24) is 4.98 Å². The van der Waals surface area contributed by atoms with E-state index in [2.05, 4.69) is 24.8 Å². The summed E-state index contributed by atoms with van der Waals surface area (Å²) in [5, 5.41) is 0. The summed E-state index contributed by atoms with van der Waals surface area (Å²) in [6.45, 7) is 8.48. The van der Waals surface area contributed by atoms with E-state index in [9.17, 15) is 0 Å². The second-order valence-corrected chi connectivity index (χ2v) is 5.95. The average molecular weight is 277 g/mol. The quantitative estimate of drug-likeness (QED) is 0.863. The number of nitrogens with zero attached hydrogens (tertiary/aromatic N) is 2. The minimum absolute atomic E-state index is 0.457. The number of nitrogens with two attached hydrogens (primary N) is 1. The van der Waals surface area contributed by atoms with Crippen LogP contribution in [0.5, 0.6) is 0 Å². The number of piperidine rings is 1. The summed E-state index contributed by atoms with van der Waals surface area (Å²) in [5.74, 6) is 1.75. The Balaban J connectivity index is 2.40. The molecule has 0 bridgehead atoms. The summed E-state index contributed by atoms with van der Waals surface area (Å²) >= 11 is 5.22. The molecule has 0 saturated carbocycles. The number of aryl methyl sites for hydroxylation is 2. The minimum atomic E-state index is 0.457. The van der Waals surface area contributed by atoms with E-state index >= 15 is 0 Å². The van der Waals surface area contributed by atoms with Crippen LogP contribution in [0.4, 0.5) is 5.82 Å². The highest BCUT2D eigenvalue weighted by atomic mass is 32.1. The van der Waals surface area contributed by atoms with Gasteiger partial charge in [0.2, 0.25) is 0 Å². The Hall–Kier alpha value is -1.16. The first-order valence-electron chi connectivity index (χ1n) is 7.06. The molecular formula is C15H23N3S. The lowest BCUT2D eigenvalue weighted by molar-refractivity contribution is 0.403. The van der Waals surface area contributed by atoms with Gasteiger partial charge in [0.25, 0.3) is 0 Å². The maximum absolute atomic E-state index is 5.90. The zero-order valence-corrected chi connectivity index (χ0v) is 12.9. The van der Waals surface area contributed by atoms with E-state index in [1.165, 1.54) is 19.3 Å². The molecule has 1 aliphatic rings. The van der Waals surface area contributed by atoms with E-state index in [1.54, 1.807) is 0 Å². The summed E-state index contributed by atoms with van der Waals surface area (Å²) in [7, 11) is 0. The summed E-state index contributed by atoms with van der Waals surface area (Å²) < 4.78 is 0. The topological polar surface area (TPSA) is 42.2 Å². The number of pyridine rings is 1. The summed E-state index contributed by atoms with van der Waals surface area (Å²) in [4.78, 5) is 7.53. The second kappa shape index (κ2) is 5.87. The number of hydrogen-bond acceptors (Lipinski definition) is 3. The van der Waals surface area contributed by atoms with Crippen LogP contribution in [-0.4, -0.2) is 23.1 Å². The van der Waals surface area contributed by atoms with E-state index in [1.807, 2.05) is 6.92 Å². The molecule has 4 heteroatoms. The van der Waals surface area contributed by atoms with E-state index in [0.29, 0.717) is 4.99 Å². The van der Waals surface area contributed by atoms with Crippen LogP contribution in [0, 0.1) is 19.8 Å². The van der Waals surface area contributed by atoms with Crippen LogP contribution in [0.15, 0.2) is 6.07 Å². The minimum Gasteiger partial charge on any atom is -0.389 e. The van der Waals surface area contributed by atoms with Gasteiger partial charge in [-0.3, -0.25) is 0 Å². The molecule has 1 aromatic rings. The first-order chi connectivity index (χ1) is 9.02. The molecule has 1 unspecified atom stereocenters. The van der Waals surface area contributed by atoms with Crippen molar-refractivity contribution in [1.29, 1.82) is 0 Å². The maximum atomic E-state index is 5.90. The highest BCUT2D eigenvalue weighted by molar-refractivity contribution is 7.80. The van der Waals surface area contributed by atoms with Gasteiger partial charge in [-0.15, -0.1) is 0 Å². The van der Waals surface area contributed by atoms with Gasteiger partial charge < -0.3 is 10.6 Å². The Morgan fingerprint density at radius 1 is 1.53 bits per heavy atom. The zero-order chi connectivity index (χ0) is 14.0.